The monoisotopic (exact) mass is 333 g/mol. The Bertz CT molecular complexity index is 539. The first-order chi connectivity index (χ1) is 9.66. The van der Waals surface area contributed by atoms with Gasteiger partial charge in [-0.1, -0.05) is 0 Å². The van der Waals surface area contributed by atoms with Crippen LogP contribution in [0.3, 0.4) is 0 Å². The van der Waals surface area contributed by atoms with Crippen LogP contribution in [0.1, 0.15) is 24.2 Å². The molecule has 0 bridgehead atoms. The molecule has 0 heterocycles. The number of benzene rings is 2. The number of nitrogens with one attached hydrogen (secondary N) is 1. The Kier molecular flexibility index (Phi) is 5.39. The Balaban J connectivity index is 2.23. The molecule has 3 heteroatoms. The molecule has 20 heavy (non-hydrogen) atoms. The van der Waals surface area contributed by atoms with Gasteiger partial charge in [0, 0.05) is 0 Å². The van der Waals surface area contributed by atoms with Crippen molar-refractivity contribution >= 4 is 25.3 Å². The molecule has 0 aliphatic heterocycles. The average Bonchev–Trinajstić information content (AvgIpc) is 2.46. The molecule has 0 aromatic heterocycles. The first-order valence-electron chi connectivity index (χ1n) is 6.74. The van der Waals surface area contributed by atoms with Crippen molar-refractivity contribution in [1.29, 1.82) is 0 Å². The SMILES string of the molecule is CC(C)NC(=O)C([Se]c1ccccc1)c1ccccc1. The maximum atomic E-state index is 12.5. The molecule has 2 aromatic rings. The van der Waals surface area contributed by atoms with E-state index in [1.165, 1.54) is 4.46 Å². The summed E-state index contributed by atoms with van der Waals surface area (Å²) in [5.41, 5.74) is 1.09. The molecule has 1 atom stereocenters. The molecule has 0 fully saturated rings. The van der Waals surface area contributed by atoms with Gasteiger partial charge >= 0.3 is 126 Å². The van der Waals surface area contributed by atoms with Gasteiger partial charge in [0.25, 0.3) is 0 Å². The van der Waals surface area contributed by atoms with Crippen LogP contribution in [-0.4, -0.2) is 26.9 Å². The van der Waals surface area contributed by atoms with E-state index in [1.807, 2.05) is 62.4 Å². The van der Waals surface area contributed by atoms with Crippen LogP contribution in [-0.2, 0) is 4.79 Å². The molecule has 0 aliphatic rings. The quantitative estimate of drug-likeness (QED) is 0.837. The minimum atomic E-state index is -0.0755. The van der Waals surface area contributed by atoms with Gasteiger partial charge in [-0.05, 0) is 0 Å². The first kappa shape index (κ1) is 14.8. The third-order valence-electron chi connectivity index (χ3n) is 2.77. The zero-order chi connectivity index (χ0) is 14.4. The summed E-state index contributed by atoms with van der Waals surface area (Å²) in [5.74, 6) is 0.120. The van der Waals surface area contributed by atoms with Gasteiger partial charge in [-0.15, -0.1) is 0 Å². The van der Waals surface area contributed by atoms with Crippen molar-refractivity contribution in [3.8, 4) is 0 Å². The summed E-state index contributed by atoms with van der Waals surface area (Å²) < 4.78 is 1.24. The minimum absolute atomic E-state index is 0.0755. The summed E-state index contributed by atoms with van der Waals surface area (Å²) in [5, 5.41) is 3.04. The van der Waals surface area contributed by atoms with Crippen molar-refractivity contribution < 1.29 is 4.79 Å². The van der Waals surface area contributed by atoms with Gasteiger partial charge in [-0.3, -0.25) is 0 Å². The normalized spacial score (nSPS) is 12.2. The van der Waals surface area contributed by atoms with Gasteiger partial charge < -0.3 is 0 Å². The predicted octanol–water partition coefficient (Wildman–Crippen LogP) is 2.28. The van der Waals surface area contributed by atoms with E-state index in [4.69, 9.17) is 0 Å². The molecule has 0 radical (unpaired) electrons. The van der Waals surface area contributed by atoms with E-state index < -0.39 is 0 Å². The topological polar surface area (TPSA) is 29.1 Å². The van der Waals surface area contributed by atoms with Crippen molar-refractivity contribution in [2.45, 2.75) is 24.7 Å². The van der Waals surface area contributed by atoms with Gasteiger partial charge in [-0.2, -0.15) is 0 Å². The number of carbonyl (C=O) groups is 1. The number of amides is 1. The zero-order valence-corrected chi connectivity index (χ0v) is 13.5. The second-order valence-corrected chi connectivity index (χ2v) is 7.36. The van der Waals surface area contributed by atoms with Crippen LogP contribution in [0.4, 0.5) is 0 Å². The van der Waals surface area contributed by atoms with Crippen molar-refractivity contribution in [1.82, 2.24) is 5.32 Å². The Morgan fingerprint density at radius 1 is 0.950 bits per heavy atom. The number of carbonyl (C=O) groups excluding carboxylic acids is 1. The molecule has 104 valence electrons. The van der Waals surface area contributed by atoms with Gasteiger partial charge in [0.2, 0.25) is 0 Å². The van der Waals surface area contributed by atoms with Gasteiger partial charge in [-0.25, -0.2) is 0 Å². The summed E-state index contributed by atoms with van der Waals surface area (Å²) in [6.45, 7) is 3.99. The van der Waals surface area contributed by atoms with E-state index in [2.05, 4.69) is 17.4 Å². The summed E-state index contributed by atoms with van der Waals surface area (Å²) in [7, 11) is 0. The summed E-state index contributed by atoms with van der Waals surface area (Å²) in [6.07, 6.45) is 0. The van der Waals surface area contributed by atoms with E-state index in [9.17, 15) is 4.79 Å². The molecule has 1 amide bonds. The number of rotatable bonds is 5. The second kappa shape index (κ2) is 7.28. The number of hydrogen-bond acceptors (Lipinski definition) is 1. The van der Waals surface area contributed by atoms with Crippen LogP contribution in [0, 0.1) is 0 Å². The van der Waals surface area contributed by atoms with Crippen molar-refractivity contribution in [3.05, 3.63) is 66.2 Å². The molecule has 1 N–H and O–H groups in total. The van der Waals surface area contributed by atoms with Crippen molar-refractivity contribution in [2.24, 2.45) is 0 Å². The summed E-state index contributed by atoms with van der Waals surface area (Å²) in [4.78, 5) is 12.4. The van der Waals surface area contributed by atoms with Crippen molar-refractivity contribution in [2.75, 3.05) is 0 Å². The molecule has 0 saturated carbocycles. The fourth-order valence-corrected chi connectivity index (χ4v) is 4.11. The van der Waals surface area contributed by atoms with Gasteiger partial charge in [0.1, 0.15) is 0 Å². The van der Waals surface area contributed by atoms with Crippen LogP contribution >= 0.6 is 0 Å². The molecule has 2 nitrogen and oxygen atoms in total. The van der Waals surface area contributed by atoms with Crippen molar-refractivity contribution in [3.63, 3.8) is 0 Å². The van der Waals surface area contributed by atoms with Gasteiger partial charge in [0.05, 0.1) is 0 Å². The van der Waals surface area contributed by atoms with Gasteiger partial charge in [0.15, 0.2) is 0 Å². The van der Waals surface area contributed by atoms with E-state index in [-0.39, 0.29) is 31.7 Å². The fraction of sp³-hybridized carbons (Fsp3) is 0.235. The Morgan fingerprint density at radius 3 is 2.05 bits per heavy atom. The standard InChI is InChI=1S/C17H19NOSe/c1-13(2)18-17(19)16(14-9-5-3-6-10-14)20-15-11-7-4-8-12-15/h3-13,16H,1-2H3,(H,18,19). The fourth-order valence-electron chi connectivity index (χ4n) is 1.90. The third-order valence-corrected chi connectivity index (χ3v) is 5.43. The van der Waals surface area contributed by atoms with Crippen LogP contribution in [0.25, 0.3) is 0 Å². The van der Waals surface area contributed by atoms with Crippen LogP contribution in [0.5, 0.6) is 0 Å². The molecule has 2 aromatic carbocycles. The van der Waals surface area contributed by atoms with E-state index in [0.29, 0.717) is 0 Å². The molecule has 1 unspecified atom stereocenters. The molecule has 0 saturated heterocycles. The van der Waals surface area contributed by atoms with E-state index in [0.717, 1.165) is 5.56 Å². The average molecular weight is 332 g/mol. The molecular formula is C17H19NOSe. The van der Waals surface area contributed by atoms with E-state index in [1.54, 1.807) is 0 Å². The third kappa shape index (κ3) is 4.22. The Hall–Kier alpha value is -1.57. The van der Waals surface area contributed by atoms with Crippen LogP contribution in [0.2, 0.25) is 0 Å². The van der Waals surface area contributed by atoms with Crippen LogP contribution in [0.15, 0.2) is 60.7 Å². The van der Waals surface area contributed by atoms with E-state index >= 15 is 0 Å². The maximum absolute atomic E-state index is 12.5. The molecule has 2 rings (SSSR count). The Morgan fingerprint density at radius 2 is 1.50 bits per heavy atom. The second-order valence-electron chi connectivity index (χ2n) is 4.88. The number of hydrogen-bond donors (Lipinski definition) is 1. The van der Waals surface area contributed by atoms with Crippen LogP contribution < -0.4 is 9.78 Å². The summed E-state index contributed by atoms with van der Waals surface area (Å²) in [6, 6.07) is 20.5. The Labute approximate surface area is 126 Å². The predicted molar refractivity (Wildman–Crippen MR) is 84.3 cm³/mol. The molecule has 0 aliphatic carbocycles. The molecule has 0 spiro atoms. The zero-order valence-electron chi connectivity index (χ0n) is 11.7. The summed E-state index contributed by atoms with van der Waals surface area (Å²) >= 11 is 0.0849. The first-order valence-corrected chi connectivity index (χ1v) is 8.58. The molecular weight excluding hydrogens is 313 g/mol.